The smallest absolute Gasteiger partial charge is 0.0239 e. The van der Waals surface area contributed by atoms with Crippen molar-refractivity contribution in [1.29, 1.82) is 0 Å². The van der Waals surface area contributed by atoms with Gasteiger partial charge in [-0.05, 0) is 63.4 Å². The maximum atomic E-state index is 5.94. The van der Waals surface area contributed by atoms with Crippen molar-refractivity contribution in [3.05, 3.63) is 34.4 Å². The fourth-order valence-electron chi connectivity index (χ4n) is 2.79. The Morgan fingerprint density at radius 1 is 1.11 bits per heavy atom. The highest BCUT2D eigenvalue weighted by atomic mass is 35.5. The maximum Gasteiger partial charge on any atom is 0.0239 e. The predicted molar refractivity (Wildman–Crippen MR) is 80.4 cm³/mol. The minimum absolute atomic E-state index is 0. The van der Waals surface area contributed by atoms with Gasteiger partial charge in [-0.25, -0.2) is 0 Å². The van der Waals surface area contributed by atoms with Crippen LogP contribution in [0.15, 0.2) is 12.1 Å². The number of aryl methyl sites for hydroxylation is 3. The molecule has 2 N–H and O–H groups in total. The van der Waals surface area contributed by atoms with Crippen LogP contribution in [0.5, 0.6) is 0 Å². The number of likely N-dealkylation sites (tertiary alicyclic amines) is 1. The van der Waals surface area contributed by atoms with Crippen LogP contribution < -0.4 is 5.73 Å². The van der Waals surface area contributed by atoms with E-state index in [1.165, 1.54) is 22.3 Å². The Hall–Kier alpha value is -0.570. The fraction of sp³-hybridized carbons (Fsp3) is 0.600. The van der Waals surface area contributed by atoms with E-state index in [4.69, 9.17) is 5.73 Å². The SMILES string of the molecule is Cc1cc(C)c(CN2CCC(N)CC2)c(C)c1.Cl. The number of piperidine rings is 1. The molecule has 1 aliphatic rings. The van der Waals surface area contributed by atoms with Crippen LogP contribution in [0.2, 0.25) is 0 Å². The number of nitrogens with two attached hydrogens (primary N) is 1. The molecular formula is C15H25ClN2. The minimum Gasteiger partial charge on any atom is -0.328 e. The maximum absolute atomic E-state index is 5.94. The summed E-state index contributed by atoms with van der Waals surface area (Å²) in [7, 11) is 0. The average molecular weight is 269 g/mol. The summed E-state index contributed by atoms with van der Waals surface area (Å²) in [5.74, 6) is 0. The first-order valence-corrected chi connectivity index (χ1v) is 6.61. The molecule has 0 unspecified atom stereocenters. The van der Waals surface area contributed by atoms with E-state index in [1.54, 1.807) is 0 Å². The minimum atomic E-state index is 0. The summed E-state index contributed by atoms with van der Waals surface area (Å²) in [4.78, 5) is 2.54. The van der Waals surface area contributed by atoms with E-state index in [1.807, 2.05) is 0 Å². The van der Waals surface area contributed by atoms with Gasteiger partial charge in [-0.15, -0.1) is 12.4 Å². The van der Waals surface area contributed by atoms with Crippen LogP contribution in [0.25, 0.3) is 0 Å². The zero-order chi connectivity index (χ0) is 12.4. The molecule has 102 valence electrons. The first kappa shape index (κ1) is 15.5. The van der Waals surface area contributed by atoms with Gasteiger partial charge in [0.05, 0.1) is 0 Å². The van der Waals surface area contributed by atoms with Crippen molar-refractivity contribution in [1.82, 2.24) is 4.90 Å². The van der Waals surface area contributed by atoms with Crippen molar-refractivity contribution >= 4 is 12.4 Å². The molecule has 3 heteroatoms. The van der Waals surface area contributed by atoms with Crippen molar-refractivity contribution in [2.75, 3.05) is 13.1 Å². The van der Waals surface area contributed by atoms with Gasteiger partial charge in [0.1, 0.15) is 0 Å². The molecule has 1 heterocycles. The molecule has 0 amide bonds. The number of hydrogen-bond donors (Lipinski definition) is 1. The lowest BCUT2D eigenvalue weighted by Crippen LogP contribution is -2.39. The van der Waals surface area contributed by atoms with Crippen LogP contribution in [0.4, 0.5) is 0 Å². The van der Waals surface area contributed by atoms with E-state index in [9.17, 15) is 0 Å². The summed E-state index contributed by atoms with van der Waals surface area (Å²) in [6.07, 6.45) is 2.29. The Balaban J connectivity index is 0.00000162. The molecule has 2 nitrogen and oxygen atoms in total. The number of hydrogen-bond acceptors (Lipinski definition) is 2. The number of rotatable bonds is 2. The van der Waals surface area contributed by atoms with Crippen molar-refractivity contribution in [3.8, 4) is 0 Å². The lowest BCUT2D eigenvalue weighted by molar-refractivity contribution is 0.205. The number of benzene rings is 1. The van der Waals surface area contributed by atoms with E-state index in [0.717, 1.165) is 32.5 Å². The summed E-state index contributed by atoms with van der Waals surface area (Å²) in [6.45, 7) is 10.0. The highest BCUT2D eigenvalue weighted by Gasteiger charge is 2.17. The van der Waals surface area contributed by atoms with Gasteiger partial charge < -0.3 is 5.73 Å². The molecule has 0 saturated carbocycles. The zero-order valence-electron chi connectivity index (χ0n) is 11.7. The monoisotopic (exact) mass is 268 g/mol. The van der Waals surface area contributed by atoms with Crippen molar-refractivity contribution in [2.45, 2.75) is 46.2 Å². The van der Waals surface area contributed by atoms with E-state index in [2.05, 4.69) is 37.8 Å². The first-order valence-electron chi connectivity index (χ1n) is 6.61. The molecular weight excluding hydrogens is 244 g/mol. The molecule has 0 atom stereocenters. The summed E-state index contributed by atoms with van der Waals surface area (Å²) < 4.78 is 0. The quantitative estimate of drug-likeness (QED) is 0.894. The molecule has 0 spiro atoms. The average Bonchev–Trinajstić information content (AvgIpc) is 2.26. The van der Waals surface area contributed by atoms with Crippen molar-refractivity contribution in [2.24, 2.45) is 5.73 Å². The molecule has 2 rings (SSSR count). The van der Waals surface area contributed by atoms with Crippen molar-refractivity contribution < 1.29 is 0 Å². The van der Waals surface area contributed by atoms with Gasteiger partial charge in [0.2, 0.25) is 0 Å². The van der Waals surface area contributed by atoms with Crippen LogP contribution in [-0.4, -0.2) is 24.0 Å². The van der Waals surface area contributed by atoms with Gasteiger partial charge >= 0.3 is 0 Å². The summed E-state index contributed by atoms with van der Waals surface area (Å²) in [5, 5.41) is 0. The predicted octanol–water partition coefficient (Wildman–Crippen LogP) is 2.96. The lowest BCUT2D eigenvalue weighted by atomic mass is 9.98. The van der Waals surface area contributed by atoms with Gasteiger partial charge in [-0.3, -0.25) is 4.90 Å². The molecule has 1 saturated heterocycles. The van der Waals surface area contributed by atoms with Crippen LogP contribution in [0.3, 0.4) is 0 Å². The van der Waals surface area contributed by atoms with Crippen LogP contribution in [-0.2, 0) is 6.54 Å². The topological polar surface area (TPSA) is 29.3 Å². The van der Waals surface area contributed by atoms with E-state index < -0.39 is 0 Å². The van der Waals surface area contributed by atoms with E-state index in [-0.39, 0.29) is 12.4 Å². The largest absolute Gasteiger partial charge is 0.328 e. The molecule has 0 aromatic heterocycles. The third kappa shape index (κ3) is 3.71. The Bertz CT molecular complexity index is 372. The third-order valence-electron chi connectivity index (χ3n) is 3.85. The van der Waals surface area contributed by atoms with Gasteiger partial charge in [0.25, 0.3) is 0 Å². The van der Waals surface area contributed by atoms with Gasteiger partial charge in [0.15, 0.2) is 0 Å². The second kappa shape index (κ2) is 6.55. The zero-order valence-corrected chi connectivity index (χ0v) is 12.5. The molecule has 1 fully saturated rings. The molecule has 18 heavy (non-hydrogen) atoms. The van der Waals surface area contributed by atoms with Gasteiger partial charge in [-0.2, -0.15) is 0 Å². The highest BCUT2D eigenvalue weighted by molar-refractivity contribution is 5.85. The summed E-state index contributed by atoms with van der Waals surface area (Å²) in [6, 6.07) is 5.00. The normalized spacial score (nSPS) is 17.6. The van der Waals surface area contributed by atoms with Crippen molar-refractivity contribution in [3.63, 3.8) is 0 Å². The molecule has 0 aliphatic carbocycles. The molecule has 1 aromatic rings. The molecule has 1 aromatic carbocycles. The number of halogens is 1. The highest BCUT2D eigenvalue weighted by Crippen LogP contribution is 2.20. The van der Waals surface area contributed by atoms with Gasteiger partial charge in [-0.1, -0.05) is 17.7 Å². The Labute approximate surface area is 117 Å². The number of nitrogens with zero attached hydrogens (tertiary/aromatic N) is 1. The van der Waals surface area contributed by atoms with Gasteiger partial charge in [0, 0.05) is 12.6 Å². The third-order valence-corrected chi connectivity index (χ3v) is 3.85. The first-order chi connectivity index (χ1) is 8.06. The second-order valence-corrected chi connectivity index (χ2v) is 5.49. The van der Waals surface area contributed by atoms with E-state index in [0.29, 0.717) is 6.04 Å². The summed E-state index contributed by atoms with van der Waals surface area (Å²) >= 11 is 0. The summed E-state index contributed by atoms with van der Waals surface area (Å²) in [5.41, 5.74) is 11.7. The molecule has 0 radical (unpaired) electrons. The Morgan fingerprint density at radius 3 is 2.11 bits per heavy atom. The second-order valence-electron chi connectivity index (χ2n) is 5.49. The van der Waals surface area contributed by atoms with Crippen LogP contribution in [0.1, 0.15) is 35.1 Å². The molecule has 0 bridgehead atoms. The standard InChI is InChI=1S/C15H24N2.ClH/c1-11-8-12(2)15(13(3)9-11)10-17-6-4-14(16)5-7-17;/h8-9,14H,4-7,10,16H2,1-3H3;1H. The lowest BCUT2D eigenvalue weighted by Gasteiger charge is -2.31. The fourth-order valence-corrected chi connectivity index (χ4v) is 2.79. The molecule has 1 aliphatic heterocycles. The Kier molecular flexibility index (Phi) is 5.64. The van der Waals surface area contributed by atoms with Crippen LogP contribution in [0, 0.1) is 20.8 Å². The van der Waals surface area contributed by atoms with E-state index >= 15 is 0 Å². The Morgan fingerprint density at radius 2 is 1.61 bits per heavy atom. The van der Waals surface area contributed by atoms with Crippen LogP contribution >= 0.6 is 12.4 Å².